The molecule has 4 rings (SSSR count). The molecule has 0 saturated carbocycles. The molecular weight excluding hydrogens is 476 g/mol. The van der Waals surface area contributed by atoms with E-state index in [0.29, 0.717) is 11.1 Å². The van der Waals surface area contributed by atoms with E-state index >= 15 is 0 Å². The molecule has 1 saturated heterocycles. The SMILES string of the molecule is CCOC(=O)C1(c2ccc(C(F)(F)F)nc2)CCN(C(=O)c2ccc(-c3ccc(F)cc3)cc2)CC1. The van der Waals surface area contributed by atoms with E-state index in [0.717, 1.165) is 23.4 Å². The van der Waals surface area contributed by atoms with E-state index in [9.17, 15) is 27.2 Å². The third-order valence-corrected chi connectivity index (χ3v) is 6.49. The number of carbonyl (C=O) groups is 2. The molecule has 1 aromatic heterocycles. The lowest BCUT2D eigenvalue weighted by Gasteiger charge is -2.40. The van der Waals surface area contributed by atoms with E-state index in [1.165, 1.54) is 18.2 Å². The number of pyridine rings is 1. The van der Waals surface area contributed by atoms with Crippen LogP contribution in [0.5, 0.6) is 0 Å². The number of alkyl halides is 3. The van der Waals surface area contributed by atoms with Crippen LogP contribution < -0.4 is 0 Å². The fourth-order valence-corrected chi connectivity index (χ4v) is 4.45. The molecule has 1 aliphatic rings. The topological polar surface area (TPSA) is 59.5 Å². The number of esters is 1. The fourth-order valence-electron chi connectivity index (χ4n) is 4.45. The summed E-state index contributed by atoms with van der Waals surface area (Å²) in [6, 6.07) is 15.1. The Balaban J connectivity index is 1.50. The Morgan fingerprint density at radius 2 is 1.53 bits per heavy atom. The van der Waals surface area contributed by atoms with Gasteiger partial charge in [0.05, 0.1) is 12.0 Å². The minimum atomic E-state index is -4.59. The van der Waals surface area contributed by atoms with E-state index in [2.05, 4.69) is 4.98 Å². The summed E-state index contributed by atoms with van der Waals surface area (Å²) in [4.78, 5) is 31.2. The van der Waals surface area contributed by atoms with Gasteiger partial charge in [0.25, 0.3) is 5.91 Å². The molecule has 2 heterocycles. The Morgan fingerprint density at radius 3 is 2.03 bits per heavy atom. The standard InChI is InChI=1S/C27H24F4N2O3/c1-2-36-25(35)26(21-9-12-23(32-17-21)27(29,30)31)13-15-33(16-14-26)24(34)20-5-3-18(4-6-20)19-7-10-22(28)11-8-19/h3-12,17H,2,13-16H2,1H3. The number of carbonyl (C=O) groups excluding carboxylic acids is 2. The summed E-state index contributed by atoms with van der Waals surface area (Å²) in [5.74, 6) is -1.09. The first kappa shape index (κ1) is 25.3. The lowest BCUT2D eigenvalue weighted by atomic mass is 9.73. The molecule has 9 heteroatoms. The Morgan fingerprint density at radius 1 is 0.944 bits per heavy atom. The summed E-state index contributed by atoms with van der Waals surface area (Å²) >= 11 is 0. The minimum Gasteiger partial charge on any atom is -0.465 e. The second-order valence-electron chi connectivity index (χ2n) is 8.61. The molecule has 36 heavy (non-hydrogen) atoms. The number of likely N-dealkylation sites (tertiary alicyclic amines) is 1. The van der Waals surface area contributed by atoms with Crippen molar-refractivity contribution in [2.24, 2.45) is 0 Å². The Labute approximate surface area is 205 Å². The lowest BCUT2D eigenvalue weighted by Crippen LogP contribution is -2.49. The molecule has 1 amide bonds. The first-order chi connectivity index (χ1) is 17.1. The van der Waals surface area contributed by atoms with Crippen molar-refractivity contribution in [3.05, 3.63) is 89.5 Å². The summed E-state index contributed by atoms with van der Waals surface area (Å²) in [6.45, 7) is 2.22. The van der Waals surface area contributed by atoms with Crippen LogP contribution in [0.2, 0.25) is 0 Å². The highest BCUT2D eigenvalue weighted by molar-refractivity contribution is 5.95. The van der Waals surface area contributed by atoms with Crippen LogP contribution >= 0.6 is 0 Å². The van der Waals surface area contributed by atoms with Gasteiger partial charge >= 0.3 is 12.1 Å². The summed E-state index contributed by atoms with van der Waals surface area (Å²) in [6.07, 6.45) is -3.13. The first-order valence-electron chi connectivity index (χ1n) is 11.5. The number of hydrogen-bond donors (Lipinski definition) is 0. The van der Waals surface area contributed by atoms with E-state index < -0.39 is 23.3 Å². The van der Waals surface area contributed by atoms with Gasteiger partial charge in [-0.05, 0) is 66.8 Å². The highest BCUT2D eigenvalue weighted by atomic mass is 19.4. The number of aromatic nitrogens is 1. The van der Waals surface area contributed by atoms with Gasteiger partial charge < -0.3 is 9.64 Å². The molecule has 5 nitrogen and oxygen atoms in total. The Hall–Kier alpha value is -3.75. The fraction of sp³-hybridized carbons (Fsp3) is 0.296. The van der Waals surface area contributed by atoms with Crippen molar-refractivity contribution in [1.82, 2.24) is 9.88 Å². The smallest absolute Gasteiger partial charge is 0.433 e. The van der Waals surface area contributed by atoms with Gasteiger partial charge in [0.2, 0.25) is 0 Å². The van der Waals surface area contributed by atoms with Crippen molar-refractivity contribution in [3.63, 3.8) is 0 Å². The van der Waals surface area contributed by atoms with Crippen LogP contribution in [0.15, 0.2) is 66.9 Å². The highest BCUT2D eigenvalue weighted by Gasteiger charge is 2.46. The number of halogens is 4. The quantitative estimate of drug-likeness (QED) is 0.336. The van der Waals surface area contributed by atoms with E-state index in [1.54, 1.807) is 48.2 Å². The van der Waals surface area contributed by atoms with Gasteiger partial charge in [0.15, 0.2) is 0 Å². The molecular formula is C27H24F4N2O3. The van der Waals surface area contributed by atoms with Gasteiger partial charge in [0.1, 0.15) is 11.5 Å². The molecule has 2 aromatic carbocycles. The molecule has 0 unspecified atom stereocenters. The van der Waals surface area contributed by atoms with E-state index in [4.69, 9.17) is 4.74 Å². The van der Waals surface area contributed by atoms with Crippen LogP contribution in [-0.2, 0) is 21.1 Å². The molecule has 0 N–H and O–H groups in total. The summed E-state index contributed by atoms with van der Waals surface area (Å²) in [7, 11) is 0. The number of benzene rings is 2. The zero-order valence-corrected chi connectivity index (χ0v) is 19.5. The van der Waals surface area contributed by atoms with Gasteiger partial charge in [-0.3, -0.25) is 14.6 Å². The van der Waals surface area contributed by atoms with Crippen LogP contribution in [0.3, 0.4) is 0 Å². The maximum atomic E-state index is 13.2. The Kier molecular flexibility index (Phi) is 7.10. The molecule has 3 aromatic rings. The van der Waals surface area contributed by atoms with E-state index in [1.807, 2.05) is 0 Å². The summed E-state index contributed by atoms with van der Waals surface area (Å²) in [5.41, 5.74) is 0.225. The van der Waals surface area contributed by atoms with E-state index in [-0.39, 0.29) is 44.3 Å². The maximum Gasteiger partial charge on any atom is 0.433 e. The second kappa shape index (κ2) is 10.1. The predicted octanol–water partition coefficient (Wildman–Crippen LogP) is 5.64. The monoisotopic (exact) mass is 500 g/mol. The van der Waals surface area contributed by atoms with Gasteiger partial charge in [-0.1, -0.05) is 30.3 Å². The molecule has 188 valence electrons. The van der Waals surface area contributed by atoms with Gasteiger partial charge in [-0.25, -0.2) is 4.39 Å². The first-order valence-corrected chi connectivity index (χ1v) is 11.5. The molecule has 0 atom stereocenters. The molecule has 0 radical (unpaired) electrons. The Bertz CT molecular complexity index is 1220. The zero-order valence-electron chi connectivity index (χ0n) is 19.5. The molecule has 1 aliphatic heterocycles. The predicted molar refractivity (Wildman–Crippen MR) is 125 cm³/mol. The van der Waals surface area contributed by atoms with Crippen molar-refractivity contribution in [2.75, 3.05) is 19.7 Å². The van der Waals surface area contributed by atoms with Gasteiger partial charge in [-0.15, -0.1) is 0 Å². The van der Waals surface area contributed by atoms with Crippen molar-refractivity contribution in [2.45, 2.75) is 31.4 Å². The molecule has 0 spiro atoms. The highest BCUT2D eigenvalue weighted by Crippen LogP contribution is 2.38. The van der Waals surface area contributed by atoms with Gasteiger partial charge in [-0.2, -0.15) is 13.2 Å². The van der Waals surface area contributed by atoms with Crippen molar-refractivity contribution >= 4 is 11.9 Å². The largest absolute Gasteiger partial charge is 0.465 e. The molecule has 1 fully saturated rings. The molecule has 0 aliphatic carbocycles. The minimum absolute atomic E-state index is 0.123. The summed E-state index contributed by atoms with van der Waals surface area (Å²) < 4.78 is 57.3. The van der Waals surface area contributed by atoms with Crippen LogP contribution in [0.25, 0.3) is 11.1 Å². The number of ether oxygens (including phenoxy) is 1. The number of piperidine rings is 1. The molecule has 0 bridgehead atoms. The van der Waals surface area contributed by atoms with Gasteiger partial charge in [0, 0.05) is 24.8 Å². The average Bonchev–Trinajstić information content (AvgIpc) is 2.88. The average molecular weight is 500 g/mol. The number of amides is 1. The second-order valence-corrected chi connectivity index (χ2v) is 8.61. The third-order valence-electron chi connectivity index (χ3n) is 6.49. The van der Waals surface area contributed by atoms with Crippen LogP contribution in [-0.4, -0.2) is 41.5 Å². The van der Waals surface area contributed by atoms with Crippen molar-refractivity contribution in [1.29, 1.82) is 0 Å². The normalized spacial score (nSPS) is 15.4. The summed E-state index contributed by atoms with van der Waals surface area (Å²) in [5, 5.41) is 0. The third kappa shape index (κ3) is 5.10. The zero-order chi connectivity index (χ0) is 25.9. The van der Waals surface area contributed by atoms with Crippen LogP contribution in [0, 0.1) is 5.82 Å². The van der Waals surface area contributed by atoms with Crippen molar-refractivity contribution in [3.8, 4) is 11.1 Å². The maximum absolute atomic E-state index is 13.2. The lowest BCUT2D eigenvalue weighted by molar-refractivity contribution is -0.152. The van der Waals surface area contributed by atoms with Crippen molar-refractivity contribution < 1.29 is 31.9 Å². The van der Waals surface area contributed by atoms with Crippen LogP contribution in [0.4, 0.5) is 17.6 Å². The number of nitrogens with zero attached hydrogens (tertiary/aromatic N) is 2. The number of rotatable bonds is 5. The van der Waals surface area contributed by atoms with Crippen LogP contribution in [0.1, 0.15) is 41.4 Å². The number of hydrogen-bond acceptors (Lipinski definition) is 4.